The Morgan fingerprint density at radius 3 is 3.00 bits per heavy atom. The second-order valence-electron chi connectivity index (χ2n) is 4.69. The third kappa shape index (κ3) is 5.28. The number of rotatable bonds is 6. The maximum atomic E-state index is 12.3. The van der Waals surface area contributed by atoms with Crippen molar-refractivity contribution in [1.82, 2.24) is 10.6 Å². The molecule has 116 valence electrons. The van der Waals surface area contributed by atoms with Gasteiger partial charge in [-0.1, -0.05) is 18.2 Å². The summed E-state index contributed by atoms with van der Waals surface area (Å²) >= 11 is 0. The zero-order chi connectivity index (χ0) is 15.1. The van der Waals surface area contributed by atoms with Crippen LogP contribution in [0.1, 0.15) is 12.0 Å². The summed E-state index contributed by atoms with van der Waals surface area (Å²) in [6.07, 6.45) is 0.290. The van der Waals surface area contributed by atoms with E-state index in [1.807, 2.05) is 0 Å². The van der Waals surface area contributed by atoms with Crippen LogP contribution in [0.4, 0.5) is 8.78 Å². The van der Waals surface area contributed by atoms with Crippen molar-refractivity contribution in [3.05, 3.63) is 29.8 Å². The maximum Gasteiger partial charge on any atom is 0.387 e. The lowest BCUT2D eigenvalue weighted by atomic mass is 10.1. The summed E-state index contributed by atoms with van der Waals surface area (Å²) in [7, 11) is 0. The van der Waals surface area contributed by atoms with E-state index in [1.54, 1.807) is 18.2 Å². The predicted molar refractivity (Wildman–Crippen MR) is 72.1 cm³/mol. The summed E-state index contributed by atoms with van der Waals surface area (Å²) in [5.41, 5.74) is 0.513. The van der Waals surface area contributed by atoms with Crippen LogP contribution in [0.5, 0.6) is 5.75 Å². The minimum Gasteiger partial charge on any atom is -0.434 e. The standard InChI is InChI=1S/C14H18F2N2O3/c15-14(16)21-12-4-2-1-3-10(12)8-18-13(19)7-11-9-20-6-5-17-11/h1-4,11,14,17H,5-9H2,(H,18,19). The zero-order valence-corrected chi connectivity index (χ0v) is 11.5. The molecule has 1 heterocycles. The van der Waals surface area contributed by atoms with Crippen LogP contribution in [0.15, 0.2) is 24.3 Å². The van der Waals surface area contributed by atoms with Crippen LogP contribution < -0.4 is 15.4 Å². The molecule has 0 bridgehead atoms. The Morgan fingerprint density at radius 2 is 2.29 bits per heavy atom. The Bertz CT molecular complexity index is 465. The van der Waals surface area contributed by atoms with E-state index in [9.17, 15) is 13.6 Å². The van der Waals surface area contributed by atoms with E-state index in [2.05, 4.69) is 15.4 Å². The van der Waals surface area contributed by atoms with Crippen molar-refractivity contribution in [3.63, 3.8) is 0 Å². The molecule has 2 N–H and O–H groups in total. The van der Waals surface area contributed by atoms with E-state index < -0.39 is 6.61 Å². The number of halogens is 2. The number of alkyl halides is 2. The van der Waals surface area contributed by atoms with Gasteiger partial charge in [0.1, 0.15) is 5.75 Å². The molecule has 1 atom stereocenters. The molecule has 0 aliphatic carbocycles. The summed E-state index contributed by atoms with van der Waals surface area (Å²) in [5.74, 6) is -0.0863. The molecular formula is C14H18F2N2O3. The largest absolute Gasteiger partial charge is 0.434 e. The van der Waals surface area contributed by atoms with Crippen molar-refractivity contribution < 1.29 is 23.0 Å². The van der Waals surface area contributed by atoms with Gasteiger partial charge in [0.25, 0.3) is 0 Å². The first-order chi connectivity index (χ1) is 10.1. The number of para-hydroxylation sites is 1. The molecule has 1 aliphatic rings. The molecule has 2 rings (SSSR count). The predicted octanol–water partition coefficient (Wildman–Crippen LogP) is 1.28. The first kappa shape index (κ1) is 15.7. The lowest BCUT2D eigenvalue weighted by Gasteiger charge is -2.23. The van der Waals surface area contributed by atoms with Gasteiger partial charge in [-0.25, -0.2) is 0 Å². The number of ether oxygens (including phenoxy) is 2. The van der Waals surface area contributed by atoms with Crippen LogP contribution in [-0.4, -0.2) is 38.3 Å². The minimum atomic E-state index is -2.88. The number of morpholine rings is 1. The maximum absolute atomic E-state index is 12.3. The SMILES string of the molecule is O=C(CC1COCCN1)NCc1ccccc1OC(F)F. The Hall–Kier alpha value is -1.73. The van der Waals surface area contributed by atoms with E-state index >= 15 is 0 Å². The third-order valence-corrected chi connectivity index (χ3v) is 3.09. The van der Waals surface area contributed by atoms with Crippen molar-refractivity contribution in [2.75, 3.05) is 19.8 Å². The first-order valence-corrected chi connectivity index (χ1v) is 6.75. The van der Waals surface area contributed by atoms with Crippen LogP contribution in [0, 0.1) is 0 Å². The van der Waals surface area contributed by atoms with Gasteiger partial charge in [0.15, 0.2) is 0 Å². The Kier molecular flexibility index (Phi) is 5.89. The lowest BCUT2D eigenvalue weighted by molar-refractivity contribution is -0.122. The van der Waals surface area contributed by atoms with Gasteiger partial charge in [-0.3, -0.25) is 4.79 Å². The summed E-state index contributed by atoms with van der Waals surface area (Å²) in [6.45, 7) is -0.863. The molecule has 0 spiro atoms. The lowest BCUT2D eigenvalue weighted by Crippen LogP contribution is -2.44. The normalized spacial score (nSPS) is 18.5. The summed E-state index contributed by atoms with van der Waals surface area (Å²) in [5, 5.41) is 5.88. The molecule has 1 aromatic rings. The van der Waals surface area contributed by atoms with Gasteiger partial charge < -0.3 is 20.1 Å². The van der Waals surface area contributed by atoms with Gasteiger partial charge in [-0.05, 0) is 6.07 Å². The van der Waals surface area contributed by atoms with Crippen molar-refractivity contribution in [2.45, 2.75) is 25.6 Å². The van der Waals surface area contributed by atoms with Crippen LogP contribution in [0.3, 0.4) is 0 Å². The average Bonchev–Trinajstić information content (AvgIpc) is 2.47. The van der Waals surface area contributed by atoms with Gasteiger partial charge in [-0.15, -0.1) is 0 Å². The van der Waals surface area contributed by atoms with Crippen LogP contribution in [0.2, 0.25) is 0 Å². The fourth-order valence-electron chi connectivity index (χ4n) is 2.10. The highest BCUT2D eigenvalue weighted by Gasteiger charge is 2.17. The minimum absolute atomic E-state index is 0.00805. The molecule has 21 heavy (non-hydrogen) atoms. The fourth-order valence-corrected chi connectivity index (χ4v) is 2.10. The number of benzene rings is 1. The molecule has 5 nitrogen and oxygen atoms in total. The number of amides is 1. The van der Waals surface area contributed by atoms with Crippen molar-refractivity contribution in [1.29, 1.82) is 0 Å². The number of carbonyl (C=O) groups is 1. The van der Waals surface area contributed by atoms with Crippen molar-refractivity contribution in [3.8, 4) is 5.75 Å². The van der Waals surface area contributed by atoms with Crippen LogP contribution >= 0.6 is 0 Å². The average molecular weight is 300 g/mol. The highest BCUT2D eigenvalue weighted by Crippen LogP contribution is 2.19. The fraction of sp³-hybridized carbons (Fsp3) is 0.500. The van der Waals surface area contributed by atoms with E-state index in [0.29, 0.717) is 18.8 Å². The number of hydrogen-bond donors (Lipinski definition) is 2. The Morgan fingerprint density at radius 1 is 1.48 bits per heavy atom. The topological polar surface area (TPSA) is 59.6 Å². The van der Waals surface area contributed by atoms with Crippen LogP contribution in [0.25, 0.3) is 0 Å². The van der Waals surface area contributed by atoms with Gasteiger partial charge in [-0.2, -0.15) is 8.78 Å². The zero-order valence-electron chi connectivity index (χ0n) is 11.5. The molecule has 0 radical (unpaired) electrons. The highest BCUT2D eigenvalue weighted by atomic mass is 19.3. The first-order valence-electron chi connectivity index (χ1n) is 6.75. The van der Waals surface area contributed by atoms with Crippen molar-refractivity contribution in [2.24, 2.45) is 0 Å². The van der Waals surface area contributed by atoms with E-state index in [4.69, 9.17) is 4.74 Å². The third-order valence-electron chi connectivity index (χ3n) is 3.09. The molecule has 1 amide bonds. The molecule has 0 saturated carbocycles. The van der Waals surface area contributed by atoms with Crippen molar-refractivity contribution >= 4 is 5.91 Å². The summed E-state index contributed by atoms with van der Waals surface area (Å²) in [4.78, 5) is 11.8. The molecule has 1 unspecified atom stereocenters. The second-order valence-corrected chi connectivity index (χ2v) is 4.69. The smallest absolute Gasteiger partial charge is 0.387 e. The summed E-state index contributed by atoms with van der Waals surface area (Å²) in [6, 6.07) is 6.39. The molecule has 1 aromatic carbocycles. The molecule has 1 fully saturated rings. The number of carbonyl (C=O) groups excluding carboxylic acids is 1. The van der Waals surface area contributed by atoms with Crippen LogP contribution in [-0.2, 0) is 16.1 Å². The van der Waals surface area contributed by atoms with E-state index in [1.165, 1.54) is 6.07 Å². The van der Waals surface area contributed by atoms with Gasteiger partial charge in [0.2, 0.25) is 5.91 Å². The molecular weight excluding hydrogens is 282 g/mol. The second kappa shape index (κ2) is 7.90. The quantitative estimate of drug-likeness (QED) is 0.831. The van der Waals surface area contributed by atoms with Gasteiger partial charge >= 0.3 is 6.61 Å². The van der Waals surface area contributed by atoms with Gasteiger partial charge in [0, 0.05) is 31.1 Å². The molecule has 0 aromatic heterocycles. The summed E-state index contributed by atoms with van der Waals surface area (Å²) < 4.78 is 34.2. The highest BCUT2D eigenvalue weighted by molar-refractivity contribution is 5.76. The van der Waals surface area contributed by atoms with Gasteiger partial charge in [0.05, 0.1) is 13.2 Å². The Labute approximate surface area is 121 Å². The molecule has 7 heteroatoms. The number of hydrogen-bond acceptors (Lipinski definition) is 4. The Balaban J connectivity index is 1.83. The molecule has 1 aliphatic heterocycles. The monoisotopic (exact) mass is 300 g/mol. The molecule has 1 saturated heterocycles. The number of nitrogens with one attached hydrogen (secondary N) is 2. The van der Waals surface area contributed by atoms with E-state index in [-0.39, 0.29) is 30.7 Å². The van der Waals surface area contributed by atoms with E-state index in [0.717, 1.165) is 6.54 Å².